The molecule has 0 saturated heterocycles. The number of anilines is 1. The van der Waals surface area contributed by atoms with Crippen LogP contribution in [0.25, 0.3) is 0 Å². The monoisotopic (exact) mass is 219 g/mol. The lowest BCUT2D eigenvalue weighted by Crippen LogP contribution is -2.09. The molecule has 3 nitrogen and oxygen atoms in total. The van der Waals surface area contributed by atoms with Crippen molar-refractivity contribution in [2.75, 3.05) is 5.09 Å². The maximum absolute atomic E-state index is 12.3. The Labute approximate surface area is 80.2 Å². The van der Waals surface area contributed by atoms with Gasteiger partial charge in [0, 0.05) is 0 Å². The molecule has 0 aliphatic rings. The second-order valence-corrected chi connectivity index (χ2v) is 2.66. The van der Waals surface area contributed by atoms with Crippen molar-refractivity contribution in [3.8, 4) is 6.07 Å². The molecule has 1 aromatic rings. The minimum atomic E-state index is -4.56. The van der Waals surface area contributed by atoms with Crippen LogP contribution in [0.3, 0.4) is 0 Å². The van der Waals surface area contributed by atoms with E-state index in [0.29, 0.717) is 0 Å². The fourth-order valence-electron chi connectivity index (χ4n) is 0.849. The zero-order valence-electron chi connectivity index (χ0n) is 6.76. The number of nitrogens with one attached hydrogen (secondary N) is 1. The van der Waals surface area contributed by atoms with Crippen LogP contribution in [-0.4, -0.2) is 4.98 Å². The predicted octanol–water partition coefficient (Wildman–Crippen LogP) is 2.17. The maximum atomic E-state index is 12.3. The fraction of sp³-hybridized carbons (Fsp3) is 0.143. The molecule has 14 heavy (non-hydrogen) atoms. The minimum Gasteiger partial charge on any atom is -0.368 e. The van der Waals surface area contributed by atoms with E-state index in [2.05, 4.69) is 10.1 Å². The van der Waals surface area contributed by atoms with E-state index in [0.717, 1.165) is 12.3 Å². The van der Waals surface area contributed by atoms with E-state index in [-0.39, 0.29) is 5.69 Å². The number of hydrogen-bond donors (Lipinski definition) is 1. The highest BCUT2D eigenvalue weighted by atomic mass is 31.0. The van der Waals surface area contributed by atoms with Crippen LogP contribution < -0.4 is 5.09 Å². The highest BCUT2D eigenvalue weighted by Gasteiger charge is 2.34. The molecule has 0 amide bonds. The van der Waals surface area contributed by atoms with Gasteiger partial charge in [-0.15, -0.1) is 0 Å². The first-order valence-electron chi connectivity index (χ1n) is 3.43. The molecule has 0 aromatic carbocycles. The Morgan fingerprint density at radius 1 is 1.50 bits per heavy atom. The Hall–Kier alpha value is -1.34. The Kier molecular flexibility index (Phi) is 2.92. The molecule has 1 atom stereocenters. The summed E-state index contributed by atoms with van der Waals surface area (Å²) >= 11 is 0. The topological polar surface area (TPSA) is 48.7 Å². The van der Waals surface area contributed by atoms with Crippen LogP contribution in [0.2, 0.25) is 0 Å². The van der Waals surface area contributed by atoms with Crippen molar-refractivity contribution in [3.63, 3.8) is 0 Å². The third-order valence-electron chi connectivity index (χ3n) is 1.47. The molecule has 1 N–H and O–H groups in total. The molecule has 0 spiro atoms. The Bertz CT molecular complexity index is 383. The van der Waals surface area contributed by atoms with Gasteiger partial charge in [0.1, 0.15) is 6.07 Å². The van der Waals surface area contributed by atoms with E-state index >= 15 is 0 Å². The fourth-order valence-corrected chi connectivity index (χ4v) is 1.01. The van der Waals surface area contributed by atoms with Crippen LogP contribution >= 0.6 is 9.39 Å². The van der Waals surface area contributed by atoms with Gasteiger partial charge in [-0.2, -0.15) is 18.4 Å². The van der Waals surface area contributed by atoms with Gasteiger partial charge < -0.3 is 5.09 Å². The number of rotatable bonds is 1. The minimum absolute atomic E-state index is 0.182. The summed E-state index contributed by atoms with van der Waals surface area (Å²) in [5.74, 6) is 0. The Morgan fingerprint density at radius 2 is 2.14 bits per heavy atom. The first kappa shape index (κ1) is 10.7. The van der Waals surface area contributed by atoms with Crippen molar-refractivity contribution in [1.82, 2.24) is 4.98 Å². The highest BCUT2D eigenvalue weighted by molar-refractivity contribution is 7.18. The molecular formula is C7H5F3N3P. The predicted molar refractivity (Wildman–Crippen MR) is 47.3 cm³/mol. The molecule has 0 fully saturated rings. The van der Waals surface area contributed by atoms with E-state index < -0.39 is 17.4 Å². The van der Waals surface area contributed by atoms with Gasteiger partial charge in [-0.05, 0) is 15.5 Å². The average molecular weight is 219 g/mol. The van der Waals surface area contributed by atoms with Crippen LogP contribution in [0, 0.1) is 11.3 Å². The van der Waals surface area contributed by atoms with E-state index in [1.54, 1.807) is 0 Å². The zero-order chi connectivity index (χ0) is 10.8. The van der Waals surface area contributed by atoms with Crippen molar-refractivity contribution in [2.24, 2.45) is 0 Å². The third-order valence-corrected chi connectivity index (χ3v) is 1.80. The molecule has 7 heteroatoms. The van der Waals surface area contributed by atoms with Gasteiger partial charge in [-0.25, -0.2) is 4.98 Å². The number of aromatic nitrogens is 1. The second kappa shape index (κ2) is 3.81. The summed E-state index contributed by atoms with van der Waals surface area (Å²) in [6.07, 6.45) is -3.41. The van der Waals surface area contributed by atoms with Crippen molar-refractivity contribution >= 4 is 15.1 Å². The molecule has 74 valence electrons. The number of alkyl halides is 3. The van der Waals surface area contributed by atoms with E-state index in [1.807, 2.05) is 9.39 Å². The third kappa shape index (κ3) is 2.12. The van der Waals surface area contributed by atoms with Gasteiger partial charge in [-0.1, -0.05) is 0 Å². The highest BCUT2D eigenvalue weighted by Crippen LogP contribution is 2.32. The molecule has 0 aliphatic heterocycles. The summed E-state index contributed by atoms with van der Waals surface area (Å²) in [6.45, 7) is 0. The first-order valence-corrected chi connectivity index (χ1v) is 4.00. The largest absolute Gasteiger partial charge is 0.419 e. The lowest BCUT2D eigenvalue weighted by molar-refractivity contribution is -0.138. The normalized spacial score (nSPS) is 10.8. The van der Waals surface area contributed by atoms with E-state index in [1.165, 1.54) is 6.07 Å². The summed E-state index contributed by atoms with van der Waals surface area (Å²) in [5.41, 5.74) is -1.48. The van der Waals surface area contributed by atoms with Gasteiger partial charge in [0.05, 0.1) is 17.4 Å². The molecule has 1 aromatic heterocycles. The lowest BCUT2D eigenvalue weighted by atomic mass is 10.2. The van der Waals surface area contributed by atoms with Crippen LogP contribution in [-0.2, 0) is 6.18 Å². The molecule has 1 heterocycles. The number of nitrogens with zero attached hydrogens (tertiary/aromatic N) is 2. The number of hydrogen-bond acceptors (Lipinski definition) is 3. The Balaban J connectivity index is 3.31. The molecular weight excluding hydrogens is 214 g/mol. The van der Waals surface area contributed by atoms with Gasteiger partial charge in [0.15, 0.2) is 5.69 Å². The van der Waals surface area contributed by atoms with Crippen molar-refractivity contribution in [3.05, 3.63) is 23.5 Å². The summed E-state index contributed by atoms with van der Waals surface area (Å²) < 4.78 is 37.0. The second-order valence-electron chi connectivity index (χ2n) is 2.37. The van der Waals surface area contributed by atoms with E-state index in [9.17, 15) is 13.2 Å². The summed E-state index contributed by atoms with van der Waals surface area (Å²) in [5, 5.41) is 10.8. The summed E-state index contributed by atoms with van der Waals surface area (Å²) in [7, 11) is 2.05. The first-order chi connectivity index (χ1) is 6.49. The van der Waals surface area contributed by atoms with Crippen molar-refractivity contribution < 1.29 is 13.2 Å². The summed E-state index contributed by atoms with van der Waals surface area (Å²) in [4.78, 5) is 3.38. The molecule has 0 bridgehead atoms. The number of pyridine rings is 1. The quantitative estimate of drug-likeness (QED) is 0.736. The average Bonchev–Trinajstić information content (AvgIpc) is 2.15. The summed E-state index contributed by atoms with van der Waals surface area (Å²) in [6, 6.07) is 2.22. The number of nitriles is 1. The molecule has 0 aliphatic carbocycles. The smallest absolute Gasteiger partial charge is 0.368 e. The van der Waals surface area contributed by atoms with Gasteiger partial charge >= 0.3 is 6.18 Å². The van der Waals surface area contributed by atoms with Crippen LogP contribution in [0.15, 0.2) is 12.3 Å². The SMILES string of the molecule is N#Cc1ncc(NP)cc1C(F)(F)F. The van der Waals surface area contributed by atoms with Gasteiger partial charge in [0.2, 0.25) is 0 Å². The molecule has 1 rings (SSSR count). The van der Waals surface area contributed by atoms with Crippen molar-refractivity contribution in [2.45, 2.75) is 6.18 Å². The maximum Gasteiger partial charge on any atom is 0.419 e. The molecule has 0 radical (unpaired) electrons. The molecule has 0 saturated carbocycles. The Morgan fingerprint density at radius 3 is 2.57 bits per heavy atom. The van der Waals surface area contributed by atoms with Crippen molar-refractivity contribution in [1.29, 1.82) is 5.26 Å². The van der Waals surface area contributed by atoms with Crippen LogP contribution in [0.1, 0.15) is 11.3 Å². The van der Waals surface area contributed by atoms with E-state index in [4.69, 9.17) is 5.26 Å². The van der Waals surface area contributed by atoms with Crippen LogP contribution in [0.4, 0.5) is 18.9 Å². The van der Waals surface area contributed by atoms with Crippen LogP contribution in [0.5, 0.6) is 0 Å². The number of halogens is 3. The standard InChI is InChI=1S/C7H5F3N3P/c8-7(9,10)5-1-4(13-14)3-12-6(5)2-11/h1,3,13H,14H2. The lowest BCUT2D eigenvalue weighted by Gasteiger charge is -2.09. The molecule has 1 unspecified atom stereocenters. The van der Waals surface area contributed by atoms with Gasteiger partial charge in [0.25, 0.3) is 0 Å². The zero-order valence-corrected chi connectivity index (χ0v) is 7.92. The van der Waals surface area contributed by atoms with Gasteiger partial charge in [-0.3, -0.25) is 0 Å².